The summed E-state index contributed by atoms with van der Waals surface area (Å²) in [7, 11) is 0. The van der Waals surface area contributed by atoms with Crippen LogP contribution in [0.15, 0.2) is 24.3 Å². The van der Waals surface area contributed by atoms with Gasteiger partial charge in [-0.2, -0.15) is 0 Å². The van der Waals surface area contributed by atoms with Crippen molar-refractivity contribution in [3.05, 3.63) is 35.4 Å². The van der Waals surface area contributed by atoms with Gasteiger partial charge < -0.3 is 10.1 Å². The van der Waals surface area contributed by atoms with Gasteiger partial charge in [0.2, 0.25) is 0 Å². The van der Waals surface area contributed by atoms with Gasteiger partial charge in [-0.15, -0.1) is 0 Å². The van der Waals surface area contributed by atoms with Crippen LogP contribution >= 0.6 is 0 Å². The molecule has 1 saturated heterocycles. The molecule has 94 valence electrons. The number of ether oxygens (including phenoxy) is 1. The summed E-state index contributed by atoms with van der Waals surface area (Å²) in [5, 5.41) is 3.49. The zero-order chi connectivity index (χ0) is 11.9. The Kier molecular flexibility index (Phi) is 5.02. The molecule has 0 amide bonds. The smallest absolute Gasteiger partial charge is 0.0587 e. The van der Waals surface area contributed by atoms with Crippen molar-refractivity contribution < 1.29 is 4.74 Å². The molecular formula is C15H23NO. The van der Waals surface area contributed by atoms with E-state index in [0.29, 0.717) is 6.10 Å². The van der Waals surface area contributed by atoms with Gasteiger partial charge in [0.05, 0.1) is 6.10 Å². The van der Waals surface area contributed by atoms with Crippen molar-refractivity contribution in [1.29, 1.82) is 0 Å². The van der Waals surface area contributed by atoms with E-state index in [1.54, 1.807) is 0 Å². The molecule has 1 fully saturated rings. The second-order valence-corrected chi connectivity index (χ2v) is 4.94. The maximum Gasteiger partial charge on any atom is 0.0587 e. The quantitative estimate of drug-likeness (QED) is 0.789. The van der Waals surface area contributed by atoms with Crippen LogP contribution in [0.2, 0.25) is 0 Å². The minimum absolute atomic E-state index is 0.495. The lowest BCUT2D eigenvalue weighted by atomic mass is 10.1. The highest BCUT2D eigenvalue weighted by atomic mass is 16.5. The lowest BCUT2D eigenvalue weighted by molar-refractivity contribution is 0.0115. The Morgan fingerprint density at radius 1 is 1.24 bits per heavy atom. The van der Waals surface area contributed by atoms with Gasteiger partial charge >= 0.3 is 0 Å². The molecule has 1 aliphatic rings. The second kappa shape index (κ2) is 6.77. The highest BCUT2D eigenvalue weighted by Crippen LogP contribution is 2.14. The van der Waals surface area contributed by atoms with E-state index in [2.05, 4.69) is 36.5 Å². The van der Waals surface area contributed by atoms with E-state index < -0.39 is 0 Å². The van der Waals surface area contributed by atoms with Crippen molar-refractivity contribution in [3.8, 4) is 0 Å². The van der Waals surface area contributed by atoms with Crippen LogP contribution in [0, 0.1) is 6.92 Å². The van der Waals surface area contributed by atoms with Crippen molar-refractivity contribution in [2.24, 2.45) is 0 Å². The Bertz CT molecular complexity index is 314. The van der Waals surface area contributed by atoms with E-state index in [1.807, 2.05) is 0 Å². The van der Waals surface area contributed by atoms with Crippen LogP contribution in [0.1, 0.15) is 36.8 Å². The lowest BCUT2D eigenvalue weighted by Gasteiger charge is -2.22. The predicted molar refractivity (Wildman–Crippen MR) is 71.1 cm³/mol. The molecule has 1 aromatic carbocycles. The van der Waals surface area contributed by atoms with Crippen LogP contribution in [-0.2, 0) is 11.3 Å². The minimum atomic E-state index is 0.495. The van der Waals surface area contributed by atoms with Crippen LogP contribution in [0.25, 0.3) is 0 Å². The van der Waals surface area contributed by atoms with Crippen LogP contribution in [0.4, 0.5) is 0 Å². The van der Waals surface area contributed by atoms with Gasteiger partial charge in [0.15, 0.2) is 0 Å². The molecule has 2 heteroatoms. The largest absolute Gasteiger partial charge is 0.378 e. The molecule has 1 N–H and O–H groups in total. The number of nitrogens with one attached hydrogen (secondary N) is 1. The molecule has 17 heavy (non-hydrogen) atoms. The number of benzene rings is 1. The average Bonchev–Trinajstić information content (AvgIpc) is 2.38. The Balaban J connectivity index is 1.60. The fourth-order valence-electron chi connectivity index (χ4n) is 2.24. The second-order valence-electron chi connectivity index (χ2n) is 4.94. The first-order valence-electron chi connectivity index (χ1n) is 6.72. The monoisotopic (exact) mass is 233 g/mol. The Morgan fingerprint density at radius 2 is 2.06 bits per heavy atom. The van der Waals surface area contributed by atoms with Gasteiger partial charge in [0, 0.05) is 13.2 Å². The summed E-state index contributed by atoms with van der Waals surface area (Å²) < 4.78 is 5.71. The van der Waals surface area contributed by atoms with Crippen molar-refractivity contribution in [3.63, 3.8) is 0 Å². The Morgan fingerprint density at radius 3 is 2.76 bits per heavy atom. The van der Waals surface area contributed by atoms with Crippen molar-refractivity contribution >= 4 is 0 Å². The summed E-state index contributed by atoms with van der Waals surface area (Å²) in [4.78, 5) is 0. The molecule has 2 nitrogen and oxygen atoms in total. The van der Waals surface area contributed by atoms with Gasteiger partial charge in [0.1, 0.15) is 0 Å². The highest BCUT2D eigenvalue weighted by molar-refractivity contribution is 5.20. The molecule has 0 bridgehead atoms. The van der Waals surface area contributed by atoms with Crippen molar-refractivity contribution in [1.82, 2.24) is 5.32 Å². The molecule has 0 aromatic heterocycles. The topological polar surface area (TPSA) is 21.3 Å². The average molecular weight is 233 g/mol. The van der Waals surface area contributed by atoms with E-state index in [1.165, 1.54) is 30.4 Å². The molecule has 1 aromatic rings. The third kappa shape index (κ3) is 4.49. The Hall–Kier alpha value is -0.860. The number of aryl methyl sites for hydroxylation is 1. The maximum atomic E-state index is 5.71. The molecule has 0 spiro atoms. The molecule has 1 unspecified atom stereocenters. The van der Waals surface area contributed by atoms with Gasteiger partial charge in [-0.05, 0) is 44.7 Å². The summed E-state index contributed by atoms with van der Waals surface area (Å²) >= 11 is 0. The van der Waals surface area contributed by atoms with Gasteiger partial charge in [-0.25, -0.2) is 0 Å². The third-order valence-corrected chi connectivity index (χ3v) is 3.37. The van der Waals surface area contributed by atoms with E-state index in [9.17, 15) is 0 Å². The lowest BCUT2D eigenvalue weighted by Crippen LogP contribution is -2.25. The molecule has 2 rings (SSSR count). The zero-order valence-corrected chi connectivity index (χ0v) is 10.7. The molecular weight excluding hydrogens is 210 g/mol. The fourth-order valence-corrected chi connectivity index (χ4v) is 2.24. The normalized spacial score (nSPS) is 20.4. The van der Waals surface area contributed by atoms with Crippen LogP contribution in [-0.4, -0.2) is 19.3 Å². The first kappa shape index (κ1) is 12.6. The van der Waals surface area contributed by atoms with E-state index >= 15 is 0 Å². The molecule has 1 heterocycles. The van der Waals surface area contributed by atoms with Gasteiger partial charge in [0.25, 0.3) is 0 Å². The minimum Gasteiger partial charge on any atom is -0.378 e. The predicted octanol–water partition coefficient (Wildman–Crippen LogP) is 3.04. The van der Waals surface area contributed by atoms with Crippen LogP contribution in [0.5, 0.6) is 0 Å². The standard InChI is InChI=1S/C15H23NO/c1-13-5-7-14(8-6-13)12-16-10-9-15-4-2-3-11-17-15/h5-8,15-16H,2-4,9-12H2,1H3. The van der Waals surface area contributed by atoms with Gasteiger partial charge in [-0.1, -0.05) is 29.8 Å². The summed E-state index contributed by atoms with van der Waals surface area (Å²) in [5.41, 5.74) is 2.68. The third-order valence-electron chi connectivity index (χ3n) is 3.37. The molecule has 1 atom stereocenters. The van der Waals surface area contributed by atoms with Crippen LogP contribution < -0.4 is 5.32 Å². The highest BCUT2D eigenvalue weighted by Gasteiger charge is 2.12. The summed E-state index contributed by atoms with van der Waals surface area (Å²) in [6, 6.07) is 8.72. The van der Waals surface area contributed by atoms with Crippen LogP contribution in [0.3, 0.4) is 0 Å². The maximum absolute atomic E-state index is 5.71. The molecule has 0 radical (unpaired) electrons. The van der Waals surface area contributed by atoms with E-state index in [0.717, 1.165) is 26.1 Å². The summed E-state index contributed by atoms with van der Waals surface area (Å²) in [6.07, 6.45) is 5.46. The van der Waals surface area contributed by atoms with Crippen molar-refractivity contribution in [2.75, 3.05) is 13.2 Å². The molecule has 0 saturated carbocycles. The van der Waals surface area contributed by atoms with Gasteiger partial charge in [-0.3, -0.25) is 0 Å². The summed E-state index contributed by atoms with van der Waals surface area (Å²) in [5.74, 6) is 0. The molecule has 0 aliphatic carbocycles. The number of hydrogen-bond donors (Lipinski definition) is 1. The van der Waals surface area contributed by atoms with E-state index in [-0.39, 0.29) is 0 Å². The zero-order valence-electron chi connectivity index (χ0n) is 10.7. The first-order valence-corrected chi connectivity index (χ1v) is 6.72. The SMILES string of the molecule is Cc1ccc(CNCCC2CCCCO2)cc1. The number of rotatable bonds is 5. The Labute approximate surface area is 104 Å². The van der Waals surface area contributed by atoms with E-state index in [4.69, 9.17) is 4.74 Å². The van der Waals surface area contributed by atoms with Crippen molar-refractivity contribution in [2.45, 2.75) is 45.3 Å². The molecule has 1 aliphatic heterocycles. The fraction of sp³-hybridized carbons (Fsp3) is 0.600. The first-order chi connectivity index (χ1) is 8.34. The number of hydrogen-bond acceptors (Lipinski definition) is 2. The summed E-state index contributed by atoms with van der Waals surface area (Å²) in [6.45, 7) is 5.10.